The van der Waals surface area contributed by atoms with Crippen molar-refractivity contribution < 1.29 is 4.79 Å². The zero-order chi connectivity index (χ0) is 13.7. The van der Waals surface area contributed by atoms with Crippen molar-refractivity contribution >= 4 is 5.91 Å². The molecule has 1 aromatic heterocycles. The molecule has 3 N–H and O–H groups in total. The van der Waals surface area contributed by atoms with Crippen LogP contribution in [0.2, 0.25) is 0 Å². The highest BCUT2D eigenvalue weighted by Crippen LogP contribution is 2.08. The van der Waals surface area contributed by atoms with Gasteiger partial charge in [0.1, 0.15) is 0 Å². The van der Waals surface area contributed by atoms with E-state index in [4.69, 9.17) is 5.73 Å². The number of hydrogen-bond acceptors (Lipinski definition) is 4. The van der Waals surface area contributed by atoms with Gasteiger partial charge in [-0.3, -0.25) is 4.79 Å². The summed E-state index contributed by atoms with van der Waals surface area (Å²) >= 11 is 0. The first-order valence-corrected chi connectivity index (χ1v) is 6.18. The molecule has 1 heterocycles. The van der Waals surface area contributed by atoms with E-state index in [1.165, 1.54) is 5.56 Å². The van der Waals surface area contributed by atoms with Crippen LogP contribution < -0.4 is 11.1 Å². The summed E-state index contributed by atoms with van der Waals surface area (Å²) in [5.41, 5.74) is 7.71. The second-order valence-corrected chi connectivity index (χ2v) is 4.28. The van der Waals surface area contributed by atoms with E-state index in [1.54, 1.807) is 10.9 Å². The van der Waals surface area contributed by atoms with E-state index < -0.39 is 0 Å². The third-order valence-corrected chi connectivity index (χ3v) is 2.69. The number of amides is 1. The fourth-order valence-corrected chi connectivity index (χ4v) is 1.59. The third kappa shape index (κ3) is 3.38. The van der Waals surface area contributed by atoms with Crippen molar-refractivity contribution in [2.24, 2.45) is 5.73 Å². The van der Waals surface area contributed by atoms with Gasteiger partial charge in [0.2, 0.25) is 0 Å². The molecule has 1 amide bonds. The molecule has 0 aliphatic heterocycles. The first-order chi connectivity index (χ1) is 9.20. The fourth-order valence-electron chi connectivity index (χ4n) is 1.59. The van der Waals surface area contributed by atoms with Crippen LogP contribution >= 0.6 is 0 Å². The number of benzene rings is 1. The van der Waals surface area contributed by atoms with Crippen LogP contribution in [-0.2, 0) is 0 Å². The molecule has 0 saturated carbocycles. The number of nitrogens with one attached hydrogen (secondary N) is 1. The molecular weight excluding hydrogens is 242 g/mol. The van der Waals surface area contributed by atoms with Gasteiger partial charge in [-0.05, 0) is 32.0 Å². The van der Waals surface area contributed by atoms with Crippen molar-refractivity contribution in [1.29, 1.82) is 0 Å². The summed E-state index contributed by atoms with van der Waals surface area (Å²) in [6.45, 7) is 3.12. The number of nitrogens with two attached hydrogens (primary N) is 1. The Balaban J connectivity index is 2.06. The molecule has 0 aliphatic rings. The second-order valence-electron chi connectivity index (χ2n) is 4.28. The number of hydrogen-bond donors (Lipinski definition) is 2. The summed E-state index contributed by atoms with van der Waals surface area (Å²) in [5, 5.41) is 10.5. The fraction of sp³-hybridized carbons (Fsp3) is 0.308. The lowest BCUT2D eigenvalue weighted by atomic mass is 10.2. The van der Waals surface area contributed by atoms with Gasteiger partial charge in [-0.1, -0.05) is 22.9 Å². The minimum absolute atomic E-state index is 0.230. The van der Waals surface area contributed by atoms with Crippen LogP contribution in [0.15, 0.2) is 30.5 Å². The molecule has 0 spiro atoms. The van der Waals surface area contributed by atoms with E-state index in [0.29, 0.717) is 18.8 Å². The van der Waals surface area contributed by atoms with Crippen molar-refractivity contribution in [3.8, 4) is 5.69 Å². The normalized spacial score (nSPS) is 10.4. The molecule has 0 atom stereocenters. The second kappa shape index (κ2) is 6.10. The molecule has 2 aromatic rings. The molecule has 0 fully saturated rings. The van der Waals surface area contributed by atoms with Crippen molar-refractivity contribution in [3.05, 3.63) is 41.7 Å². The van der Waals surface area contributed by atoms with Crippen molar-refractivity contribution in [2.75, 3.05) is 13.1 Å². The Labute approximate surface area is 111 Å². The number of aromatic nitrogens is 3. The van der Waals surface area contributed by atoms with Crippen molar-refractivity contribution in [2.45, 2.75) is 13.3 Å². The van der Waals surface area contributed by atoms with Gasteiger partial charge >= 0.3 is 0 Å². The van der Waals surface area contributed by atoms with Crippen LogP contribution in [0.3, 0.4) is 0 Å². The molecule has 0 aliphatic carbocycles. The topological polar surface area (TPSA) is 85.8 Å². The molecule has 0 bridgehead atoms. The van der Waals surface area contributed by atoms with Gasteiger partial charge in [0, 0.05) is 6.54 Å². The highest BCUT2D eigenvalue weighted by atomic mass is 16.2. The van der Waals surface area contributed by atoms with Crippen LogP contribution in [0.5, 0.6) is 0 Å². The minimum Gasteiger partial charge on any atom is -0.351 e. The minimum atomic E-state index is -0.230. The highest BCUT2D eigenvalue weighted by Gasteiger charge is 2.10. The Hall–Kier alpha value is -2.21. The number of carbonyl (C=O) groups excluding carboxylic acids is 1. The average molecular weight is 259 g/mol. The lowest BCUT2D eigenvalue weighted by Gasteiger charge is -2.00. The van der Waals surface area contributed by atoms with E-state index >= 15 is 0 Å². The summed E-state index contributed by atoms with van der Waals surface area (Å²) in [7, 11) is 0. The van der Waals surface area contributed by atoms with Crippen LogP contribution in [0.25, 0.3) is 5.69 Å². The Bertz CT molecular complexity index is 546. The van der Waals surface area contributed by atoms with E-state index in [9.17, 15) is 4.79 Å². The number of carbonyl (C=O) groups is 1. The molecule has 100 valence electrons. The standard InChI is InChI=1S/C13H17N5O/c1-10-3-5-11(6-4-10)18-9-12(16-17-18)13(19)15-8-2-7-14/h3-6,9H,2,7-8,14H2,1H3,(H,15,19). The largest absolute Gasteiger partial charge is 0.351 e. The van der Waals surface area contributed by atoms with E-state index in [2.05, 4.69) is 15.6 Å². The highest BCUT2D eigenvalue weighted by molar-refractivity contribution is 5.91. The first-order valence-electron chi connectivity index (χ1n) is 6.18. The summed E-state index contributed by atoms with van der Waals surface area (Å²) in [6.07, 6.45) is 2.36. The summed E-state index contributed by atoms with van der Waals surface area (Å²) in [5.74, 6) is -0.230. The van der Waals surface area contributed by atoms with Gasteiger partial charge < -0.3 is 11.1 Å². The van der Waals surface area contributed by atoms with Crippen molar-refractivity contribution in [3.63, 3.8) is 0 Å². The molecule has 2 rings (SSSR count). The molecule has 0 saturated heterocycles. The SMILES string of the molecule is Cc1ccc(-n2cc(C(=O)NCCCN)nn2)cc1. The van der Waals surface area contributed by atoms with E-state index in [-0.39, 0.29) is 5.91 Å². The lowest BCUT2D eigenvalue weighted by molar-refractivity contribution is 0.0948. The monoisotopic (exact) mass is 259 g/mol. The number of aryl methyl sites for hydroxylation is 1. The quantitative estimate of drug-likeness (QED) is 0.772. The third-order valence-electron chi connectivity index (χ3n) is 2.69. The first kappa shape index (κ1) is 13.2. The maximum absolute atomic E-state index is 11.8. The molecule has 0 unspecified atom stereocenters. The van der Waals surface area contributed by atoms with Gasteiger partial charge in [0.15, 0.2) is 5.69 Å². The summed E-state index contributed by atoms with van der Waals surface area (Å²) in [4.78, 5) is 11.8. The van der Waals surface area contributed by atoms with Gasteiger partial charge in [-0.15, -0.1) is 5.10 Å². The van der Waals surface area contributed by atoms with Crippen LogP contribution in [0.4, 0.5) is 0 Å². The van der Waals surface area contributed by atoms with Gasteiger partial charge in [-0.25, -0.2) is 4.68 Å². The zero-order valence-corrected chi connectivity index (χ0v) is 10.8. The van der Waals surface area contributed by atoms with Gasteiger partial charge in [0.05, 0.1) is 11.9 Å². The van der Waals surface area contributed by atoms with E-state index in [1.807, 2.05) is 31.2 Å². The molecule has 19 heavy (non-hydrogen) atoms. The Morgan fingerprint density at radius 2 is 2.11 bits per heavy atom. The predicted molar refractivity (Wildman–Crippen MR) is 72.1 cm³/mol. The predicted octanol–water partition coefficient (Wildman–Crippen LogP) is 0.654. The van der Waals surface area contributed by atoms with Gasteiger partial charge in [-0.2, -0.15) is 0 Å². The Morgan fingerprint density at radius 3 is 2.79 bits per heavy atom. The van der Waals surface area contributed by atoms with Gasteiger partial charge in [0.25, 0.3) is 5.91 Å². The maximum atomic E-state index is 11.8. The lowest BCUT2D eigenvalue weighted by Crippen LogP contribution is -2.26. The van der Waals surface area contributed by atoms with Crippen molar-refractivity contribution in [1.82, 2.24) is 20.3 Å². The number of nitrogens with zero attached hydrogens (tertiary/aromatic N) is 3. The number of rotatable bonds is 5. The molecule has 6 nitrogen and oxygen atoms in total. The molecular formula is C13H17N5O. The van der Waals surface area contributed by atoms with Crippen LogP contribution in [0.1, 0.15) is 22.5 Å². The molecule has 1 aromatic carbocycles. The van der Waals surface area contributed by atoms with E-state index in [0.717, 1.165) is 12.1 Å². The molecule has 6 heteroatoms. The summed E-state index contributed by atoms with van der Waals surface area (Å²) < 4.78 is 1.58. The Kier molecular flexibility index (Phi) is 4.25. The molecule has 0 radical (unpaired) electrons. The van der Waals surface area contributed by atoms with Crippen LogP contribution in [-0.4, -0.2) is 34.0 Å². The maximum Gasteiger partial charge on any atom is 0.273 e. The van der Waals surface area contributed by atoms with Crippen LogP contribution in [0, 0.1) is 6.92 Å². The smallest absolute Gasteiger partial charge is 0.273 e. The zero-order valence-electron chi connectivity index (χ0n) is 10.8. The Morgan fingerprint density at radius 1 is 1.37 bits per heavy atom. The average Bonchev–Trinajstić information content (AvgIpc) is 2.89. The summed E-state index contributed by atoms with van der Waals surface area (Å²) in [6, 6.07) is 7.83.